The number of carbonyl (C=O) groups is 2. The van der Waals surface area contributed by atoms with E-state index in [0.717, 1.165) is 15.2 Å². The molecule has 3 rings (SSSR count). The molecule has 1 fully saturated rings. The minimum atomic E-state index is -0.821. The van der Waals surface area contributed by atoms with Gasteiger partial charge in [0.15, 0.2) is 17.5 Å². The highest BCUT2D eigenvalue weighted by molar-refractivity contribution is 9.10. The average molecular weight is 515 g/mol. The van der Waals surface area contributed by atoms with Crippen LogP contribution in [0.25, 0.3) is 0 Å². The van der Waals surface area contributed by atoms with Crippen molar-refractivity contribution in [3.05, 3.63) is 34.1 Å². The Labute approximate surface area is 185 Å². The summed E-state index contributed by atoms with van der Waals surface area (Å²) in [6.07, 6.45) is 0.0340. The Balaban J connectivity index is 0.000000989. The lowest BCUT2D eigenvalue weighted by atomic mass is 10.0. The van der Waals surface area contributed by atoms with Crippen molar-refractivity contribution in [1.82, 2.24) is 4.31 Å². The summed E-state index contributed by atoms with van der Waals surface area (Å²) in [4.78, 5) is 24.7. The zero-order valence-corrected chi connectivity index (χ0v) is 19.5. The van der Waals surface area contributed by atoms with E-state index < -0.39 is 17.7 Å². The van der Waals surface area contributed by atoms with Crippen molar-refractivity contribution in [2.75, 3.05) is 7.18 Å². The summed E-state index contributed by atoms with van der Waals surface area (Å²) < 4.78 is 44.0. The standard InChI is InChI=1S/C16H17BrF2N2O2S2.CH3F.CH2O/c1-16(2,3)23-15(22)21(25-19)14-20-13(10-7-12(10)24-14)9-6-8(17)4-5-11(9)18;2*1-2/h4-6,10,12-13H,7H2,1-3H3;1H3;1H2. The number of nitrogens with zero attached hydrogens (tertiary/aromatic N) is 2. The molecule has 1 aromatic rings. The molecular weight excluding hydrogens is 493 g/mol. The quantitative estimate of drug-likeness (QED) is 0.434. The van der Waals surface area contributed by atoms with Crippen LogP contribution in [0.1, 0.15) is 38.8 Å². The molecule has 162 valence electrons. The first-order chi connectivity index (χ1) is 13.7. The van der Waals surface area contributed by atoms with Crippen LogP contribution in [0.5, 0.6) is 0 Å². The van der Waals surface area contributed by atoms with E-state index in [9.17, 15) is 17.5 Å². The molecule has 1 heterocycles. The fourth-order valence-corrected chi connectivity index (χ4v) is 4.67. The van der Waals surface area contributed by atoms with Gasteiger partial charge in [0, 0.05) is 15.3 Å². The third-order valence-corrected chi connectivity index (χ3v) is 6.18. The predicted octanol–water partition coefficient (Wildman–Crippen LogP) is 6.29. The molecule has 0 radical (unpaired) electrons. The van der Waals surface area contributed by atoms with E-state index in [4.69, 9.17) is 9.53 Å². The Hall–Kier alpha value is -1.20. The summed E-state index contributed by atoms with van der Waals surface area (Å²) in [6, 6.07) is 4.25. The second-order valence-corrected chi connectivity index (χ2v) is 9.55. The van der Waals surface area contributed by atoms with Crippen LogP contribution in [0.4, 0.5) is 17.5 Å². The highest BCUT2D eigenvalue weighted by Crippen LogP contribution is 2.56. The summed E-state index contributed by atoms with van der Waals surface area (Å²) in [5.41, 5.74) is -0.296. The van der Waals surface area contributed by atoms with Crippen molar-refractivity contribution in [1.29, 1.82) is 0 Å². The lowest BCUT2D eigenvalue weighted by Gasteiger charge is -2.27. The van der Waals surface area contributed by atoms with Crippen molar-refractivity contribution < 1.29 is 27.0 Å². The third kappa shape index (κ3) is 6.92. The first-order valence-corrected chi connectivity index (χ1v) is 10.7. The van der Waals surface area contributed by atoms with Crippen LogP contribution >= 0.6 is 40.0 Å². The number of fused-ring (bicyclic) bond motifs is 1. The van der Waals surface area contributed by atoms with Crippen LogP contribution in [-0.4, -0.2) is 40.4 Å². The Kier molecular flexibility index (Phi) is 10.0. The lowest BCUT2D eigenvalue weighted by molar-refractivity contribution is -0.0980. The zero-order chi connectivity index (χ0) is 22.4. The Morgan fingerprint density at radius 3 is 2.55 bits per heavy atom. The van der Waals surface area contributed by atoms with Crippen LogP contribution in [-0.2, 0) is 9.53 Å². The van der Waals surface area contributed by atoms with E-state index in [0.29, 0.717) is 12.7 Å². The second kappa shape index (κ2) is 11.3. The van der Waals surface area contributed by atoms with Crippen molar-refractivity contribution in [3.8, 4) is 0 Å². The van der Waals surface area contributed by atoms with Gasteiger partial charge >= 0.3 is 6.09 Å². The highest BCUT2D eigenvalue weighted by atomic mass is 79.9. The first kappa shape index (κ1) is 25.8. The molecule has 1 saturated carbocycles. The molecule has 3 atom stereocenters. The van der Waals surface area contributed by atoms with Gasteiger partial charge in [0.25, 0.3) is 0 Å². The normalized spacial score (nSPS) is 21.9. The number of hydrogen-bond acceptors (Lipinski definition) is 6. The van der Waals surface area contributed by atoms with Crippen LogP contribution in [0.3, 0.4) is 0 Å². The van der Waals surface area contributed by atoms with Crippen molar-refractivity contribution in [2.45, 2.75) is 44.1 Å². The Morgan fingerprint density at radius 1 is 1.38 bits per heavy atom. The molecule has 0 N–H and O–H groups in total. The maximum atomic E-state index is 14.3. The number of benzene rings is 1. The summed E-state index contributed by atoms with van der Waals surface area (Å²) in [5.74, 6) is -0.159. The number of amides is 1. The molecule has 0 spiro atoms. The summed E-state index contributed by atoms with van der Waals surface area (Å²) in [6.45, 7) is 7.12. The van der Waals surface area contributed by atoms with Crippen LogP contribution < -0.4 is 0 Å². The number of halogens is 4. The van der Waals surface area contributed by atoms with Gasteiger partial charge in [0.1, 0.15) is 18.2 Å². The van der Waals surface area contributed by atoms with Crippen molar-refractivity contribution >= 4 is 58.1 Å². The number of ether oxygens (including phenoxy) is 1. The topological polar surface area (TPSA) is 59.0 Å². The summed E-state index contributed by atoms with van der Waals surface area (Å²) >= 11 is 4.43. The molecule has 1 aromatic carbocycles. The molecule has 1 aliphatic heterocycles. The molecule has 0 aromatic heterocycles. The number of alkyl halides is 1. The maximum Gasteiger partial charge on any atom is 0.428 e. The summed E-state index contributed by atoms with van der Waals surface area (Å²) in [7, 11) is 0.500. The fourth-order valence-electron chi connectivity index (χ4n) is 2.62. The van der Waals surface area contributed by atoms with Gasteiger partial charge in [-0.2, -0.15) is 4.31 Å². The Morgan fingerprint density at radius 2 is 2.00 bits per heavy atom. The van der Waals surface area contributed by atoms with E-state index >= 15 is 0 Å². The van der Waals surface area contributed by atoms with Gasteiger partial charge in [0.2, 0.25) is 0 Å². The van der Waals surface area contributed by atoms with Gasteiger partial charge in [-0.1, -0.05) is 27.7 Å². The molecule has 29 heavy (non-hydrogen) atoms. The van der Waals surface area contributed by atoms with E-state index in [2.05, 4.69) is 20.9 Å². The number of thioether (sulfide) groups is 1. The van der Waals surface area contributed by atoms with Crippen LogP contribution in [0, 0.1) is 11.7 Å². The van der Waals surface area contributed by atoms with E-state index in [1.54, 1.807) is 32.9 Å². The van der Waals surface area contributed by atoms with Gasteiger partial charge in [-0.3, -0.25) is 9.38 Å². The smallest absolute Gasteiger partial charge is 0.428 e. The average Bonchev–Trinajstić information content (AvgIpc) is 3.45. The van der Waals surface area contributed by atoms with Gasteiger partial charge < -0.3 is 9.53 Å². The van der Waals surface area contributed by atoms with Gasteiger partial charge in [-0.25, -0.2) is 9.18 Å². The SMILES string of the molecule is C=O.CC(C)(C)OC(=O)N(SF)C1=NC(c2cc(Br)ccc2F)C2CC2S1.CF. The zero-order valence-electron chi connectivity index (χ0n) is 16.3. The molecular formula is C18H22BrF3N2O3S2. The molecule has 0 saturated heterocycles. The van der Waals surface area contributed by atoms with Crippen LogP contribution in [0.15, 0.2) is 27.7 Å². The number of amidine groups is 1. The first-order valence-electron chi connectivity index (χ1n) is 8.37. The molecule has 1 aliphatic carbocycles. The molecule has 2 aliphatic rings. The minimum absolute atomic E-state index is 0.197. The van der Waals surface area contributed by atoms with Crippen molar-refractivity contribution in [2.24, 2.45) is 10.9 Å². The number of aliphatic imine (C=N–C) groups is 1. The monoisotopic (exact) mass is 514 g/mol. The number of carbonyl (C=O) groups excluding carboxylic acids is 2. The van der Waals surface area contributed by atoms with E-state index in [-0.39, 0.29) is 34.5 Å². The van der Waals surface area contributed by atoms with E-state index in [1.165, 1.54) is 17.8 Å². The third-order valence-electron chi connectivity index (χ3n) is 3.77. The second-order valence-electron chi connectivity index (χ2n) is 6.92. The highest BCUT2D eigenvalue weighted by Gasteiger charge is 2.50. The van der Waals surface area contributed by atoms with E-state index in [1.807, 2.05) is 6.79 Å². The lowest BCUT2D eigenvalue weighted by Crippen LogP contribution is -2.36. The molecule has 5 nitrogen and oxygen atoms in total. The predicted molar refractivity (Wildman–Crippen MR) is 115 cm³/mol. The summed E-state index contributed by atoms with van der Waals surface area (Å²) in [5, 5.41) is 0.415. The van der Waals surface area contributed by atoms with Gasteiger partial charge in [-0.05, 0) is 51.3 Å². The molecule has 1 amide bonds. The molecule has 11 heteroatoms. The number of rotatable bonds is 2. The Bertz CT molecular complexity index is 750. The largest absolute Gasteiger partial charge is 0.443 e. The minimum Gasteiger partial charge on any atom is -0.443 e. The molecule has 0 bridgehead atoms. The van der Waals surface area contributed by atoms with Crippen LogP contribution in [0.2, 0.25) is 0 Å². The van der Waals surface area contributed by atoms with Gasteiger partial charge in [-0.15, -0.1) is 3.89 Å². The molecule has 3 unspecified atom stereocenters. The van der Waals surface area contributed by atoms with Crippen molar-refractivity contribution in [3.63, 3.8) is 0 Å². The number of hydrogen-bond donors (Lipinski definition) is 0. The maximum absolute atomic E-state index is 14.3. The fraction of sp³-hybridized carbons (Fsp3) is 0.500. The van der Waals surface area contributed by atoms with Gasteiger partial charge in [0.05, 0.1) is 13.2 Å².